The van der Waals surface area contributed by atoms with Gasteiger partial charge >= 0.3 is 5.97 Å². The lowest BCUT2D eigenvalue weighted by Gasteiger charge is -2.01. The van der Waals surface area contributed by atoms with Crippen LogP contribution >= 0.6 is 11.3 Å². The second kappa shape index (κ2) is 5.21. The van der Waals surface area contributed by atoms with Gasteiger partial charge in [0.15, 0.2) is 4.96 Å². The summed E-state index contributed by atoms with van der Waals surface area (Å²) in [5.41, 5.74) is 4.32. The summed E-state index contributed by atoms with van der Waals surface area (Å²) in [5, 5.41) is 0. The molecule has 0 bridgehead atoms. The molecule has 0 unspecified atom stereocenters. The normalized spacial score (nSPS) is 11.2. The number of benzene rings is 2. The molecule has 0 saturated carbocycles. The first-order valence-electron chi connectivity index (χ1n) is 7.27. The van der Waals surface area contributed by atoms with E-state index < -0.39 is 0 Å². The van der Waals surface area contributed by atoms with Crippen LogP contribution in [0.5, 0.6) is 5.75 Å². The lowest BCUT2D eigenvalue weighted by molar-refractivity contribution is -0.131. The third-order valence-electron chi connectivity index (χ3n) is 3.66. The molecule has 0 aliphatic carbocycles. The molecule has 0 N–H and O–H groups in total. The highest BCUT2D eigenvalue weighted by molar-refractivity contribution is 7.23. The maximum Gasteiger partial charge on any atom is 0.308 e. The molecular formula is C18H14N2O2S. The summed E-state index contributed by atoms with van der Waals surface area (Å²) in [5.74, 6) is 0.227. The van der Waals surface area contributed by atoms with Crippen LogP contribution in [0.1, 0.15) is 12.5 Å². The van der Waals surface area contributed by atoms with E-state index in [2.05, 4.69) is 35.7 Å². The SMILES string of the molecule is CC(=O)Oc1ccc(-c2cn3c(n2)sc2ccc(C)cc23)cc1. The smallest absolute Gasteiger partial charge is 0.308 e. The molecule has 4 aromatic rings. The van der Waals surface area contributed by atoms with Crippen molar-refractivity contribution in [1.82, 2.24) is 9.38 Å². The molecule has 0 radical (unpaired) electrons. The second-order valence-electron chi connectivity index (χ2n) is 5.47. The minimum absolute atomic E-state index is 0.318. The summed E-state index contributed by atoms with van der Waals surface area (Å²) < 4.78 is 8.42. The zero-order valence-electron chi connectivity index (χ0n) is 12.7. The number of imidazole rings is 1. The predicted octanol–water partition coefficient (Wildman–Crippen LogP) is 4.45. The van der Waals surface area contributed by atoms with Gasteiger partial charge in [0, 0.05) is 18.7 Å². The van der Waals surface area contributed by atoms with Gasteiger partial charge in [-0.15, -0.1) is 0 Å². The van der Waals surface area contributed by atoms with E-state index in [1.165, 1.54) is 22.7 Å². The summed E-state index contributed by atoms with van der Waals surface area (Å²) in [6.45, 7) is 3.49. The molecule has 0 saturated heterocycles. The van der Waals surface area contributed by atoms with Crippen molar-refractivity contribution < 1.29 is 9.53 Å². The van der Waals surface area contributed by atoms with Gasteiger partial charge in [-0.3, -0.25) is 9.20 Å². The Kier molecular flexibility index (Phi) is 3.16. The van der Waals surface area contributed by atoms with Crippen LogP contribution in [-0.4, -0.2) is 15.4 Å². The fraction of sp³-hybridized carbons (Fsp3) is 0.111. The number of esters is 1. The van der Waals surface area contributed by atoms with E-state index in [0.717, 1.165) is 16.2 Å². The molecule has 0 amide bonds. The Morgan fingerprint density at radius 1 is 1.17 bits per heavy atom. The van der Waals surface area contributed by atoms with Crippen LogP contribution in [0.3, 0.4) is 0 Å². The molecule has 4 nitrogen and oxygen atoms in total. The molecule has 2 aromatic heterocycles. The van der Waals surface area contributed by atoms with Gasteiger partial charge in [0.05, 0.1) is 15.9 Å². The number of carbonyl (C=O) groups excluding carboxylic acids is 1. The van der Waals surface area contributed by atoms with Crippen molar-refractivity contribution in [3.63, 3.8) is 0 Å². The number of thiazole rings is 1. The van der Waals surface area contributed by atoms with Gasteiger partial charge in [-0.25, -0.2) is 4.98 Å². The number of aryl methyl sites for hydroxylation is 1. The van der Waals surface area contributed by atoms with Crippen molar-refractivity contribution in [1.29, 1.82) is 0 Å². The van der Waals surface area contributed by atoms with E-state index in [1.54, 1.807) is 23.5 Å². The molecule has 5 heteroatoms. The summed E-state index contributed by atoms with van der Waals surface area (Å²) >= 11 is 1.68. The van der Waals surface area contributed by atoms with Gasteiger partial charge < -0.3 is 4.74 Å². The lowest BCUT2D eigenvalue weighted by Crippen LogP contribution is -2.00. The summed E-state index contributed by atoms with van der Waals surface area (Å²) in [6.07, 6.45) is 2.05. The van der Waals surface area contributed by atoms with Gasteiger partial charge in [-0.1, -0.05) is 17.4 Å². The second-order valence-corrected chi connectivity index (χ2v) is 6.48. The highest BCUT2D eigenvalue weighted by atomic mass is 32.1. The molecule has 4 rings (SSSR count). The van der Waals surface area contributed by atoms with Gasteiger partial charge in [-0.2, -0.15) is 0 Å². The highest BCUT2D eigenvalue weighted by Gasteiger charge is 2.10. The largest absolute Gasteiger partial charge is 0.427 e. The molecular weight excluding hydrogens is 308 g/mol. The fourth-order valence-electron chi connectivity index (χ4n) is 2.61. The van der Waals surface area contributed by atoms with Gasteiger partial charge in [0.2, 0.25) is 0 Å². The topological polar surface area (TPSA) is 43.6 Å². The number of nitrogens with zero attached hydrogens (tertiary/aromatic N) is 2. The Balaban J connectivity index is 1.77. The fourth-order valence-corrected chi connectivity index (χ4v) is 3.59. The summed E-state index contributed by atoms with van der Waals surface area (Å²) in [6, 6.07) is 13.8. The van der Waals surface area contributed by atoms with Crippen LogP contribution in [0.4, 0.5) is 0 Å². The predicted molar refractivity (Wildman–Crippen MR) is 92.1 cm³/mol. The standard InChI is InChI=1S/C18H14N2O2S/c1-11-3-8-17-16(9-11)20-10-15(19-18(20)23-17)13-4-6-14(7-5-13)22-12(2)21/h3-10H,1-2H3. The van der Waals surface area contributed by atoms with Gasteiger partial charge in [-0.05, 0) is 48.9 Å². The summed E-state index contributed by atoms with van der Waals surface area (Å²) in [7, 11) is 0. The van der Waals surface area contributed by atoms with Crippen LogP contribution in [0.25, 0.3) is 26.4 Å². The number of carbonyl (C=O) groups is 1. The van der Waals surface area contributed by atoms with Crippen LogP contribution in [0.15, 0.2) is 48.7 Å². The van der Waals surface area contributed by atoms with Crippen molar-refractivity contribution >= 4 is 32.5 Å². The zero-order chi connectivity index (χ0) is 16.0. The Hall–Kier alpha value is -2.66. The van der Waals surface area contributed by atoms with Gasteiger partial charge in [0.1, 0.15) is 5.75 Å². The number of hydrogen-bond donors (Lipinski definition) is 0. The maximum atomic E-state index is 11.0. The Morgan fingerprint density at radius 2 is 1.96 bits per heavy atom. The van der Waals surface area contributed by atoms with Crippen LogP contribution in [0, 0.1) is 6.92 Å². The molecule has 0 atom stereocenters. The highest BCUT2D eigenvalue weighted by Crippen LogP contribution is 2.30. The quantitative estimate of drug-likeness (QED) is 0.404. The molecule has 0 fully saturated rings. The maximum absolute atomic E-state index is 11.0. The van der Waals surface area contributed by atoms with Gasteiger partial charge in [0.25, 0.3) is 0 Å². The third kappa shape index (κ3) is 2.49. The first kappa shape index (κ1) is 14.0. The first-order chi connectivity index (χ1) is 11.1. The van der Waals surface area contributed by atoms with Crippen molar-refractivity contribution in [2.24, 2.45) is 0 Å². The van der Waals surface area contributed by atoms with Crippen molar-refractivity contribution in [2.45, 2.75) is 13.8 Å². The lowest BCUT2D eigenvalue weighted by atomic mass is 10.1. The third-order valence-corrected chi connectivity index (χ3v) is 4.70. The van der Waals surface area contributed by atoms with Crippen LogP contribution < -0.4 is 4.74 Å². The monoisotopic (exact) mass is 322 g/mol. The van der Waals surface area contributed by atoms with E-state index in [-0.39, 0.29) is 5.97 Å². The average molecular weight is 322 g/mol. The van der Waals surface area contributed by atoms with E-state index in [4.69, 9.17) is 9.72 Å². The number of fused-ring (bicyclic) bond motifs is 3. The minimum atomic E-state index is -0.318. The molecule has 0 aliphatic heterocycles. The zero-order valence-corrected chi connectivity index (χ0v) is 13.6. The molecule has 0 aliphatic rings. The van der Waals surface area contributed by atoms with E-state index in [9.17, 15) is 4.79 Å². The average Bonchev–Trinajstić information content (AvgIpc) is 3.05. The molecule has 23 heavy (non-hydrogen) atoms. The number of ether oxygens (including phenoxy) is 1. The number of aromatic nitrogens is 2. The first-order valence-corrected chi connectivity index (χ1v) is 8.09. The van der Waals surface area contributed by atoms with E-state index >= 15 is 0 Å². The number of hydrogen-bond acceptors (Lipinski definition) is 4. The molecule has 0 spiro atoms. The van der Waals surface area contributed by atoms with Crippen molar-refractivity contribution in [3.8, 4) is 17.0 Å². The van der Waals surface area contributed by atoms with E-state index in [0.29, 0.717) is 5.75 Å². The van der Waals surface area contributed by atoms with Crippen LogP contribution in [0.2, 0.25) is 0 Å². The summed E-state index contributed by atoms with van der Waals surface area (Å²) in [4.78, 5) is 16.7. The van der Waals surface area contributed by atoms with Crippen molar-refractivity contribution in [3.05, 3.63) is 54.2 Å². The minimum Gasteiger partial charge on any atom is -0.427 e. The Bertz CT molecular complexity index is 1030. The molecule has 2 aromatic carbocycles. The van der Waals surface area contributed by atoms with Crippen molar-refractivity contribution in [2.75, 3.05) is 0 Å². The van der Waals surface area contributed by atoms with Crippen LogP contribution in [-0.2, 0) is 4.79 Å². The molecule has 114 valence electrons. The van der Waals surface area contributed by atoms with E-state index in [1.807, 2.05) is 12.1 Å². The Morgan fingerprint density at radius 3 is 2.70 bits per heavy atom. The Labute approximate surface area is 137 Å². The number of rotatable bonds is 2. The molecule has 2 heterocycles.